The molecule has 2 amide bonds. The van der Waals surface area contributed by atoms with Gasteiger partial charge in [0.25, 0.3) is 5.91 Å². The highest BCUT2D eigenvalue weighted by atomic mass is 19.1. The van der Waals surface area contributed by atoms with Crippen LogP contribution in [-0.4, -0.2) is 37.0 Å². The van der Waals surface area contributed by atoms with Gasteiger partial charge in [-0.25, -0.2) is 8.78 Å². The summed E-state index contributed by atoms with van der Waals surface area (Å²) < 4.78 is 27.6. The Balaban J connectivity index is 1.85. The van der Waals surface area contributed by atoms with E-state index in [0.717, 1.165) is 25.0 Å². The summed E-state index contributed by atoms with van der Waals surface area (Å²) in [5, 5.41) is 8.73. The molecule has 0 aromatic heterocycles. The van der Waals surface area contributed by atoms with Gasteiger partial charge in [-0.3, -0.25) is 9.59 Å². The zero-order chi connectivity index (χ0) is 20.5. The van der Waals surface area contributed by atoms with Gasteiger partial charge in [0.05, 0.1) is 0 Å². The molecule has 1 aromatic carbocycles. The molecule has 0 radical (unpaired) electrons. The van der Waals surface area contributed by atoms with Crippen LogP contribution in [0.2, 0.25) is 0 Å². The van der Waals surface area contributed by atoms with Gasteiger partial charge in [-0.2, -0.15) is 0 Å². The van der Waals surface area contributed by atoms with Crippen molar-refractivity contribution in [2.24, 2.45) is 5.92 Å². The average Bonchev–Trinajstić information content (AvgIpc) is 2.91. The lowest BCUT2D eigenvalue weighted by Gasteiger charge is -2.22. The first kappa shape index (κ1) is 22.3. The first-order chi connectivity index (χ1) is 13.4. The van der Waals surface area contributed by atoms with E-state index in [-0.39, 0.29) is 11.8 Å². The van der Waals surface area contributed by atoms with E-state index in [1.54, 1.807) is 13.8 Å². The van der Waals surface area contributed by atoms with Crippen molar-refractivity contribution in [3.63, 3.8) is 0 Å². The quantitative estimate of drug-likeness (QED) is 0.468. The smallest absolute Gasteiger partial charge is 0.257 e. The van der Waals surface area contributed by atoms with Crippen molar-refractivity contribution in [1.82, 2.24) is 16.0 Å². The van der Waals surface area contributed by atoms with E-state index in [4.69, 9.17) is 0 Å². The van der Waals surface area contributed by atoms with E-state index in [1.165, 1.54) is 31.7 Å². The Morgan fingerprint density at radius 2 is 1.64 bits per heavy atom. The molecule has 0 bridgehead atoms. The molecule has 2 rings (SSSR count). The number of carbonyl (C=O) groups excluding carboxylic acids is 2. The monoisotopic (exact) mass is 395 g/mol. The summed E-state index contributed by atoms with van der Waals surface area (Å²) in [6.45, 7) is 4.62. The molecular formula is C21H31F2N3O2. The number of benzene rings is 1. The van der Waals surface area contributed by atoms with Crippen LogP contribution in [0.15, 0.2) is 18.2 Å². The van der Waals surface area contributed by atoms with Gasteiger partial charge in [0, 0.05) is 19.1 Å². The van der Waals surface area contributed by atoms with Crippen molar-refractivity contribution < 1.29 is 18.4 Å². The van der Waals surface area contributed by atoms with Crippen LogP contribution < -0.4 is 16.0 Å². The fourth-order valence-electron chi connectivity index (χ4n) is 3.52. The van der Waals surface area contributed by atoms with Gasteiger partial charge in [-0.15, -0.1) is 0 Å². The fraction of sp³-hybridized carbons (Fsp3) is 0.619. The van der Waals surface area contributed by atoms with Gasteiger partial charge >= 0.3 is 0 Å². The van der Waals surface area contributed by atoms with E-state index in [1.807, 2.05) is 0 Å². The second-order valence-electron chi connectivity index (χ2n) is 7.73. The van der Waals surface area contributed by atoms with E-state index in [9.17, 15) is 18.4 Å². The Labute approximate surface area is 165 Å². The molecule has 0 heterocycles. The number of amides is 2. The van der Waals surface area contributed by atoms with Crippen LogP contribution >= 0.6 is 0 Å². The molecule has 1 aliphatic rings. The van der Waals surface area contributed by atoms with E-state index < -0.39 is 29.1 Å². The Hall–Kier alpha value is -2.02. The molecule has 156 valence electrons. The van der Waals surface area contributed by atoms with Crippen molar-refractivity contribution >= 4 is 11.8 Å². The van der Waals surface area contributed by atoms with E-state index >= 15 is 0 Å². The SMILES string of the molecule is CC(C)C(NC(=O)c1c(F)cccc1F)C(=O)NCCNC1CCCCCC1. The van der Waals surface area contributed by atoms with E-state index in [0.29, 0.717) is 19.1 Å². The predicted octanol–water partition coefficient (Wildman–Crippen LogP) is 3.15. The molecule has 1 fully saturated rings. The minimum Gasteiger partial charge on any atom is -0.353 e. The summed E-state index contributed by atoms with van der Waals surface area (Å²) >= 11 is 0. The minimum absolute atomic E-state index is 0.228. The summed E-state index contributed by atoms with van der Waals surface area (Å²) in [7, 11) is 0. The third-order valence-electron chi connectivity index (χ3n) is 5.14. The van der Waals surface area contributed by atoms with Gasteiger partial charge < -0.3 is 16.0 Å². The normalized spacial score (nSPS) is 16.5. The molecule has 1 unspecified atom stereocenters. The predicted molar refractivity (Wildman–Crippen MR) is 105 cm³/mol. The Kier molecular flexibility index (Phi) is 8.83. The molecule has 5 nitrogen and oxygen atoms in total. The fourth-order valence-corrected chi connectivity index (χ4v) is 3.52. The zero-order valence-electron chi connectivity index (χ0n) is 16.7. The molecular weight excluding hydrogens is 364 g/mol. The standard InChI is InChI=1S/C21H31F2N3O2/c1-14(2)19(26-20(27)18-16(22)10-7-11-17(18)23)21(28)25-13-12-24-15-8-5-3-4-6-9-15/h7,10-11,14-15,19,24H,3-6,8-9,12-13H2,1-2H3,(H,25,28)(H,26,27). The second kappa shape index (κ2) is 11.1. The number of hydrogen-bond acceptors (Lipinski definition) is 3. The van der Waals surface area contributed by atoms with Crippen LogP contribution in [0.1, 0.15) is 62.7 Å². The minimum atomic E-state index is -0.951. The van der Waals surface area contributed by atoms with Crippen LogP contribution in [0.4, 0.5) is 8.78 Å². The van der Waals surface area contributed by atoms with Gasteiger partial charge in [-0.1, -0.05) is 45.6 Å². The molecule has 1 saturated carbocycles. The van der Waals surface area contributed by atoms with Gasteiger partial charge in [0.2, 0.25) is 5.91 Å². The highest BCUT2D eigenvalue weighted by Crippen LogP contribution is 2.17. The number of carbonyl (C=O) groups is 2. The summed E-state index contributed by atoms with van der Waals surface area (Å²) in [5.41, 5.74) is -0.670. The van der Waals surface area contributed by atoms with Crippen LogP contribution in [0.5, 0.6) is 0 Å². The van der Waals surface area contributed by atoms with Crippen molar-refractivity contribution in [3.8, 4) is 0 Å². The van der Waals surface area contributed by atoms with Crippen molar-refractivity contribution in [2.75, 3.05) is 13.1 Å². The maximum Gasteiger partial charge on any atom is 0.257 e. The molecule has 3 N–H and O–H groups in total. The number of rotatable bonds is 8. The van der Waals surface area contributed by atoms with E-state index in [2.05, 4.69) is 16.0 Å². The van der Waals surface area contributed by atoms with Crippen LogP contribution in [0.25, 0.3) is 0 Å². The van der Waals surface area contributed by atoms with Gasteiger partial charge in [0.15, 0.2) is 0 Å². The molecule has 1 atom stereocenters. The Morgan fingerprint density at radius 3 is 2.21 bits per heavy atom. The molecule has 1 aliphatic carbocycles. The molecule has 0 aliphatic heterocycles. The summed E-state index contributed by atoms with van der Waals surface area (Å²) in [6.07, 6.45) is 7.36. The number of halogens is 2. The number of nitrogens with one attached hydrogen (secondary N) is 3. The third-order valence-corrected chi connectivity index (χ3v) is 5.14. The molecule has 1 aromatic rings. The maximum atomic E-state index is 13.8. The lowest BCUT2D eigenvalue weighted by Crippen LogP contribution is -2.51. The third kappa shape index (κ3) is 6.55. The first-order valence-corrected chi connectivity index (χ1v) is 10.2. The summed E-state index contributed by atoms with van der Waals surface area (Å²) in [5.74, 6) is -3.42. The topological polar surface area (TPSA) is 70.2 Å². The lowest BCUT2D eigenvalue weighted by molar-refractivity contribution is -0.123. The van der Waals surface area contributed by atoms with Crippen molar-refractivity contribution in [3.05, 3.63) is 35.4 Å². The molecule has 0 spiro atoms. The van der Waals surface area contributed by atoms with Crippen LogP contribution in [0.3, 0.4) is 0 Å². The Bertz CT molecular complexity index is 639. The highest BCUT2D eigenvalue weighted by molar-refractivity contribution is 5.98. The average molecular weight is 395 g/mol. The molecule has 0 saturated heterocycles. The Morgan fingerprint density at radius 1 is 1.04 bits per heavy atom. The largest absolute Gasteiger partial charge is 0.353 e. The van der Waals surface area contributed by atoms with Crippen molar-refractivity contribution in [1.29, 1.82) is 0 Å². The zero-order valence-corrected chi connectivity index (χ0v) is 16.7. The second-order valence-corrected chi connectivity index (χ2v) is 7.73. The molecule has 7 heteroatoms. The maximum absolute atomic E-state index is 13.8. The van der Waals surface area contributed by atoms with Crippen LogP contribution in [0, 0.1) is 17.6 Å². The number of hydrogen-bond donors (Lipinski definition) is 3. The lowest BCUT2D eigenvalue weighted by atomic mass is 10.0. The van der Waals surface area contributed by atoms with Crippen LogP contribution in [-0.2, 0) is 4.79 Å². The summed E-state index contributed by atoms with van der Waals surface area (Å²) in [6, 6.07) is 2.84. The van der Waals surface area contributed by atoms with Gasteiger partial charge in [0.1, 0.15) is 23.2 Å². The van der Waals surface area contributed by atoms with Gasteiger partial charge in [-0.05, 0) is 30.9 Å². The summed E-state index contributed by atoms with van der Waals surface area (Å²) in [4.78, 5) is 24.8. The molecule has 28 heavy (non-hydrogen) atoms. The first-order valence-electron chi connectivity index (χ1n) is 10.2. The highest BCUT2D eigenvalue weighted by Gasteiger charge is 2.27. The van der Waals surface area contributed by atoms with Crippen molar-refractivity contribution in [2.45, 2.75) is 64.5 Å².